The summed E-state index contributed by atoms with van der Waals surface area (Å²) in [6.07, 6.45) is 0. The van der Waals surface area contributed by atoms with Crippen molar-refractivity contribution < 1.29 is 8.42 Å². The van der Waals surface area contributed by atoms with E-state index in [1.165, 1.54) is 18.2 Å². The molecule has 3 N–H and O–H groups in total. The monoisotopic (exact) mass is 408 g/mol. The third kappa shape index (κ3) is 3.52. The van der Waals surface area contributed by atoms with Crippen LogP contribution >= 0.6 is 34.2 Å². The Hall–Kier alpha value is -0.990. The van der Waals surface area contributed by atoms with Crippen LogP contribution in [-0.2, 0) is 10.0 Å². The summed E-state index contributed by atoms with van der Waals surface area (Å²) in [7, 11) is -3.72. The molecule has 0 heterocycles. The van der Waals surface area contributed by atoms with Crippen molar-refractivity contribution in [3.05, 3.63) is 51.1 Å². The minimum absolute atomic E-state index is 0.00206. The number of rotatable bonds is 3. The molecule has 2 aromatic carbocycles. The maximum Gasteiger partial charge on any atom is 0.263 e. The van der Waals surface area contributed by atoms with Crippen LogP contribution in [0.1, 0.15) is 0 Å². The zero-order valence-electron chi connectivity index (χ0n) is 9.60. The number of hydrogen-bond donors (Lipinski definition) is 2. The third-order valence-electron chi connectivity index (χ3n) is 2.32. The summed E-state index contributed by atoms with van der Waals surface area (Å²) >= 11 is 8.02. The van der Waals surface area contributed by atoms with Gasteiger partial charge in [0.25, 0.3) is 10.0 Å². The summed E-state index contributed by atoms with van der Waals surface area (Å²) < 4.78 is 27.8. The van der Waals surface area contributed by atoms with Gasteiger partial charge in [-0.2, -0.15) is 0 Å². The standard InChI is InChI=1S/C12H10ClIN2O2S/c13-11-7-9(15)4-5-12(11)19(17,18)16-10-3-1-2-8(14)6-10/h1-7,16H,15H2. The van der Waals surface area contributed by atoms with Crippen LogP contribution in [0.3, 0.4) is 0 Å². The Labute approximate surface area is 130 Å². The summed E-state index contributed by atoms with van der Waals surface area (Å²) in [6.45, 7) is 0. The van der Waals surface area contributed by atoms with Crippen LogP contribution in [0.25, 0.3) is 0 Å². The van der Waals surface area contributed by atoms with Gasteiger partial charge >= 0.3 is 0 Å². The van der Waals surface area contributed by atoms with Gasteiger partial charge in [0.05, 0.1) is 5.02 Å². The van der Waals surface area contributed by atoms with E-state index in [1.807, 2.05) is 6.07 Å². The van der Waals surface area contributed by atoms with Crippen LogP contribution in [0.15, 0.2) is 47.4 Å². The summed E-state index contributed by atoms with van der Waals surface area (Å²) in [5, 5.41) is 0.0955. The van der Waals surface area contributed by atoms with Crippen molar-refractivity contribution >= 4 is 55.6 Å². The fourth-order valence-corrected chi connectivity index (χ4v) is 3.64. The highest BCUT2D eigenvalue weighted by Crippen LogP contribution is 2.26. The van der Waals surface area contributed by atoms with E-state index < -0.39 is 10.0 Å². The van der Waals surface area contributed by atoms with Crippen molar-refractivity contribution in [1.82, 2.24) is 0 Å². The summed E-state index contributed by atoms with van der Waals surface area (Å²) in [5.74, 6) is 0. The van der Waals surface area contributed by atoms with Gasteiger partial charge in [-0.15, -0.1) is 0 Å². The second-order valence-corrected chi connectivity index (χ2v) is 7.11. The van der Waals surface area contributed by atoms with Crippen LogP contribution in [0.4, 0.5) is 11.4 Å². The lowest BCUT2D eigenvalue weighted by atomic mass is 10.3. The van der Waals surface area contributed by atoms with Crippen LogP contribution in [-0.4, -0.2) is 8.42 Å². The van der Waals surface area contributed by atoms with Gasteiger partial charge in [-0.05, 0) is 59.0 Å². The Morgan fingerprint density at radius 1 is 1.16 bits per heavy atom. The first-order valence-corrected chi connectivity index (χ1v) is 8.16. The second kappa shape index (κ2) is 5.56. The van der Waals surface area contributed by atoms with Crippen molar-refractivity contribution in [1.29, 1.82) is 0 Å². The molecule has 2 rings (SSSR count). The summed E-state index contributed by atoms with van der Waals surface area (Å²) in [6, 6.07) is 11.3. The number of nitrogens with two attached hydrogens (primary N) is 1. The van der Waals surface area contributed by atoms with E-state index in [2.05, 4.69) is 27.3 Å². The predicted molar refractivity (Wildman–Crippen MR) is 85.8 cm³/mol. The zero-order valence-corrected chi connectivity index (χ0v) is 13.3. The molecule has 100 valence electrons. The molecule has 19 heavy (non-hydrogen) atoms. The lowest BCUT2D eigenvalue weighted by Gasteiger charge is -2.10. The molecule has 0 saturated carbocycles. The number of anilines is 2. The van der Waals surface area contributed by atoms with Crippen LogP contribution in [0.5, 0.6) is 0 Å². The van der Waals surface area contributed by atoms with Crippen molar-refractivity contribution in [2.45, 2.75) is 4.90 Å². The summed E-state index contributed by atoms with van der Waals surface area (Å²) in [5.41, 5.74) is 6.44. The lowest BCUT2D eigenvalue weighted by Crippen LogP contribution is -2.13. The third-order valence-corrected chi connectivity index (χ3v) is 4.86. The van der Waals surface area contributed by atoms with Gasteiger partial charge in [0.2, 0.25) is 0 Å². The molecule has 0 aromatic heterocycles. The Kier molecular flexibility index (Phi) is 4.22. The van der Waals surface area contributed by atoms with Gasteiger partial charge in [0, 0.05) is 14.9 Å². The molecular weight excluding hydrogens is 399 g/mol. The van der Waals surface area contributed by atoms with Crippen LogP contribution < -0.4 is 10.5 Å². The Morgan fingerprint density at radius 3 is 2.53 bits per heavy atom. The van der Waals surface area contributed by atoms with Crippen molar-refractivity contribution in [3.8, 4) is 0 Å². The highest BCUT2D eigenvalue weighted by molar-refractivity contribution is 14.1. The molecule has 2 aromatic rings. The van der Waals surface area contributed by atoms with Crippen molar-refractivity contribution in [2.24, 2.45) is 0 Å². The normalized spacial score (nSPS) is 11.3. The minimum Gasteiger partial charge on any atom is -0.399 e. The summed E-state index contributed by atoms with van der Waals surface area (Å²) in [4.78, 5) is 0.00206. The lowest BCUT2D eigenvalue weighted by molar-refractivity contribution is 0.601. The van der Waals surface area contributed by atoms with Gasteiger partial charge in [-0.1, -0.05) is 17.7 Å². The average Bonchev–Trinajstić information content (AvgIpc) is 2.27. The highest BCUT2D eigenvalue weighted by atomic mass is 127. The molecule has 0 aliphatic carbocycles. The number of nitrogens with one attached hydrogen (secondary N) is 1. The molecule has 0 aliphatic heterocycles. The first-order valence-electron chi connectivity index (χ1n) is 5.22. The van der Waals surface area contributed by atoms with E-state index in [-0.39, 0.29) is 9.92 Å². The molecule has 7 heteroatoms. The fourth-order valence-electron chi connectivity index (χ4n) is 1.50. The molecule has 0 atom stereocenters. The average molecular weight is 409 g/mol. The molecule has 0 aliphatic rings. The van der Waals surface area contributed by atoms with E-state index in [4.69, 9.17) is 17.3 Å². The van der Waals surface area contributed by atoms with E-state index in [1.54, 1.807) is 18.2 Å². The van der Waals surface area contributed by atoms with Gasteiger partial charge in [-0.25, -0.2) is 8.42 Å². The number of benzene rings is 2. The second-order valence-electron chi connectivity index (χ2n) is 3.81. The van der Waals surface area contributed by atoms with E-state index in [9.17, 15) is 8.42 Å². The number of nitrogen functional groups attached to an aromatic ring is 1. The molecule has 0 spiro atoms. The van der Waals surface area contributed by atoms with Gasteiger partial charge in [-0.3, -0.25) is 4.72 Å². The van der Waals surface area contributed by atoms with E-state index >= 15 is 0 Å². The first kappa shape index (κ1) is 14.4. The molecule has 0 fully saturated rings. The van der Waals surface area contributed by atoms with Crippen molar-refractivity contribution in [3.63, 3.8) is 0 Å². The quantitative estimate of drug-likeness (QED) is 0.604. The SMILES string of the molecule is Nc1ccc(S(=O)(=O)Nc2cccc(I)c2)c(Cl)c1. The van der Waals surface area contributed by atoms with Gasteiger partial charge < -0.3 is 5.73 Å². The Bertz CT molecular complexity index is 719. The maximum absolute atomic E-state index is 12.2. The van der Waals surface area contributed by atoms with Crippen molar-refractivity contribution in [2.75, 3.05) is 10.5 Å². The number of halogens is 2. The van der Waals surface area contributed by atoms with Gasteiger partial charge in [0.1, 0.15) is 4.90 Å². The molecule has 0 radical (unpaired) electrons. The first-order chi connectivity index (χ1) is 8.88. The zero-order chi connectivity index (χ0) is 14.0. The van der Waals surface area contributed by atoms with Gasteiger partial charge in [0.15, 0.2) is 0 Å². The number of sulfonamides is 1. The largest absolute Gasteiger partial charge is 0.399 e. The highest BCUT2D eigenvalue weighted by Gasteiger charge is 2.18. The molecule has 0 amide bonds. The molecular formula is C12H10ClIN2O2S. The Balaban J connectivity index is 2.38. The Morgan fingerprint density at radius 2 is 1.89 bits per heavy atom. The molecule has 4 nitrogen and oxygen atoms in total. The fraction of sp³-hybridized carbons (Fsp3) is 0. The molecule has 0 saturated heterocycles. The van der Waals surface area contributed by atoms with E-state index in [0.29, 0.717) is 11.4 Å². The van der Waals surface area contributed by atoms with Crippen LogP contribution in [0, 0.1) is 3.57 Å². The maximum atomic E-state index is 12.2. The smallest absolute Gasteiger partial charge is 0.263 e. The van der Waals surface area contributed by atoms with Crippen LogP contribution in [0.2, 0.25) is 5.02 Å². The number of hydrogen-bond acceptors (Lipinski definition) is 3. The minimum atomic E-state index is -3.72. The molecule has 0 bridgehead atoms. The molecule has 0 unspecified atom stereocenters. The predicted octanol–water partition coefficient (Wildman–Crippen LogP) is 3.33. The topological polar surface area (TPSA) is 72.2 Å². The van der Waals surface area contributed by atoms with E-state index in [0.717, 1.165) is 3.57 Å².